The molecule has 11 nitrogen and oxygen atoms in total. The van der Waals surface area contributed by atoms with E-state index in [-0.39, 0.29) is 18.2 Å². The number of hydrazine groups is 1. The zero-order valence-electron chi connectivity index (χ0n) is 18.0. The molecule has 3 aromatic rings. The van der Waals surface area contributed by atoms with Gasteiger partial charge < -0.3 is 26.4 Å². The summed E-state index contributed by atoms with van der Waals surface area (Å²) in [5, 5.41) is 9.47. The summed E-state index contributed by atoms with van der Waals surface area (Å²) >= 11 is 0. The number of imidazole rings is 1. The molecule has 6 N–H and O–H groups in total. The molecule has 0 bridgehead atoms. The lowest BCUT2D eigenvalue weighted by molar-refractivity contribution is 0.0517. The van der Waals surface area contributed by atoms with E-state index in [1.165, 1.54) is 17.9 Å². The number of ether oxygens (including phenoxy) is 2. The molecule has 0 aliphatic heterocycles. The number of aromatic nitrogens is 2. The number of nitrogen functional groups attached to an aromatic ring is 2. The number of carbonyl (C=O) groups is 2. The Balaban J connectivity index is 1.81. The number of hydrogen-bond acceptors (Lipinski definition) is 10. The summed E-state index contributed by atoms with van der Waals surface area (Å²) in [4.78, 5) is 28.9. The predicted octanol–water partition coefficient (Wildman–Crippen LogP) is 1.91. The van der Waals surface area contributed by atoms with Crippen LogP contribution in [0.2, 0.25) is 0 Å². The van der Waals surface area contributed by atoms with Crippen molar-refractivity contribution in [2.24, 2.45) is 0 Å². The van der Waals surface area contributed by atoms with Gasteiger partial charge in [-0.3, -0.25) is 9.36 Å². The third-order valence-corrected chi connectivity index (χ3v) is 4.67. The van der Waals surface area contributed by atoms with Crippen molar-refractivity contribution in [3.05, 3.63) is 59.9 Å². The molecule has 1 aromatic heterocycles. The van der Waals surface area contributed by atoms with Gasteiger partial charge in [0.25, 0.3) is 0 Å². The molecule has 170 valence electrons. The Morgan fingerprint density at radius 1 is 1.21 bits per heavy atom. The van der Waals surface area contributed by atoms with Crippen molar-refractivity contribution < 1.29 is 19.1 Å². The van der Waals surface area contributed by atoms with Gasteiger partial charge in [-0.25, -0.2) is 15.2 Å². The fourth-order valence-corrected chi connectivity index (χ4v) is 3.02. The molecule has 11 heteroatoms. The van der Waals surface area contributed by atoms with Gasteiger partial charge in [-0.15, -0.1) is 0 Å². The number of benzene rings is 2. The number of nitrogens with zero attached hydrogens (tertiary/aromatic N) is 3. The Morgan fingerprint density at radius 2 is 1.94 bits per heavy atom. The van der Waals surface area contributed by atoms with Crippen LogP contribution >= 0.6 is 0 Å². The molecule has 0 aliphatic carbocycles. The number of anilines is 3. The Labute approximate surface area is 189 Å². The molecule has 0 radical (unpaired) electrons. The average Bonchev–Trinajstić information content (AvgIpc) is 3.21. The summed E-state index contributed by atoms with van der Waals surface area (Å²) in [7, 11) is 1.52. The zero-order chi connectivity index (χ0) is 24.0. The summed E-state index contributed by atoms with van der Waals surface area (Å²) in [6.45, 7) is 1.87. The second-order valence-corrected chi connectivity index (χ2v) is 6.76. The van der Waals surface area contributed by atoms with E-state index in [0.717, 1.165) is 0 Å². The molecule has 2 aromatic carbocycles. The average molecular weight is 449 g/mol. The Hall–Kier alpha value is -4.56. The van der Waals surface area contributed by atoms with Gasteiger partial charge >= 0.3 is 5.97 Å². The lowest BCUT2D eigenvalue weighted by Gasteiger charge is -2.16. The molecular weight excluding hydrogens is 426 g/mol. The number of nitrogens with two attached hydrogens (primary N) is 2. The van der Waals surface area contributed by atoms with E-state index in [2.05, 4.69) is 15.8 Å². The molecular formula is C22H23N7O4. The second kappa shape index (κ2) is 10.2. The quantitative estimate of drug-likeness (QED) is 0.164. The van der Waals surface area contributed by atoms with Crippen molar-refractivity contribution in [2.75, 3.05) is 30.6 Å². The van der Waals surface area contributed by atoms with Crippen molar-refractivity contribution in [1.82, 2.24) is 15.0 Å². The van der Waals surface area contributed by atoms with Crippen LogP contribution in [-0.4, -0.2) is 41.1 Å². The van der Waals surface area contributed by atoms with Crippen LogP contribution in [0.1, 0.15) is 27.8 Å². The number of methoxy groups -OCH3 is 1. The van der Waals surface area contributed by atoms with E-state index in [0.29, 0.717) is 28.4 Å². The van der Waals surface area contributed by atoms with Crippen LogP contribution in [-0.2, 0) is 4.74 Å². The highest BCUT2D eigenvalue weighted by Gasteiger charge is 2.21. The maximum atomic E-state index is 12.7. The summed E-state index contributed by atoms with van der Waals surface area (Å²) in [6, 6.07) is 12.0. The molecule has 1 heterocycles. The maximum absolute atomic E-state index is 12.7. The zero-order valence-corrected chi connectivity index (χ0v) is 18.0. The molecule has 1 unspecified atom stereocenters. The lowest BCUT2D eigenvalue weighted by atomic mass is 10.1. The van der Waals surface area contributed by atoms with Crippen molar-refractivity contribution in [1.29, 1.82) is 5.26 Å². The molecule has 1 atom stereocenters. The standard InChI is InChI=1S/C22H23N7O4/c1-3-33-21(31)19-12-26-22(25)29(19)18-10-14(6-9-16(18)24)27-28-17(11-23)20(30)13-4-7-15(32-2)8-5-13/h4-10,12,17,27-28H,3,24H2,1-2H3,(H2,25,26). The van der Waals surface area contributed by atoms with Crippen molar-refractivity contribution >= 4 is 29.1 Å². The second-order valence-electron chi connectivity index (χ2n) is 6.76. The number of Topliss-reactive ketones (excluding diaryl/α,β-unsaturated/α-hetero) is 1. The normalized spacial score (nSPS) is 11.3. The van der Waals surface area contributed by atoms with E-state index in [4.69, 9.17) is 20.9 Å². The maximum Gasteiger partial charge on any atom is 0.357 e. The third-order valence-electron chi connectivity index (χ3n) is 4.67. The summed E-state index contributed by atoms with van der Waals surface area (Å²) < 4.78 is 11.5. The topological polar surface area (TPSA) is 170 Å². The van der Waals surface area contributed by atoms with Crippen molar-refractivity contribution in [3.63, 3.8) is 0 Å². The molecule has 0 aliphatic rings. The van der Waals surface area contributed by atoms with Crippen LogP contribution in [0.5, 0.6) is 5.75 Å². The monoisotopic (exact) mass is 449 g/mol. The highest BCUT2D eigenvalue weighted by Crippen LogP contribution is 2.26. The summed E-state index contributed by atoms with van der Waals surface area (Å²) in [5.41, 5.74) is 19.2. The fourth-order valence-electron chi connectivity index (χ4n) is 3.02. The first-order valence-electron chi connectivity index (χ1n) is 9.89. The molecule has 33 heavy (non-hydrogen) atoms. The van der Waals surface area contributed by atoms with Crippen LogP contribution in [0.3, 0.4) is 0 Å². The number of rotatable bonds is 9. The minimum Gasteiger partial charge on any atom is -0.497 e. The smallest absolute Gasteiger partial charge is 0.357 e. The van der Waals surface area contributed by atoms with Gasteiger partial charge in [0.05, 0.1) is 43.0 Å². The Kier molecular flexibility index (Phi) is 7.12. The first-order valence-corrected chi connectivity index (χ1v) is 9.89. The molecule has 3 rings (SSSR count). The lowest BCUT2D eigenvalue weighted by Crippen LogP contribution is -2.39. The predicted molar refractivity (Wildman–Crippen MR) is 122 cm³/mol. The number of hydrogen-bond donors (Lipinski definition) is 4. The van der Waals surface area contributed by atoms with E-state index < -0.39 is 17.8 Å². The minimum absolute atomic E-state index is 0.0412. The Bertz CT molecular complexity index is 1200. The number of esters is 1. The molecule has 0 saturated carbocycles. The van der Waals surface area contributed by atoms with Gasteiger partial charge in [-0.05, 0) is 49.4 Å². The van der Waals surface area contributed by atoms with Crippen LogP contribution in [0.4, 0.5) is 17.3 Å². The molecule has 0 saturated heterocycles. The SMILES string of the molecule is CCOC(=O)c1cnc(N)n1-c1cc(NNC(C#N)C(=O)c2ccc(OC)cc2)ccc1N. The van der Waals surface area contributed by atoms with Crippen LogP contribution in [0.15, 0.2) is 48.7 Å². The van der Waals surface area contributed by atoms with Crippen LogP contribution < -0.4 is 27.1 Å². The fraction of sp³-hybridized carbons (Fsp3) is 0.182. The van der Waals surface area contributed by atoms with Gasteiger partial charge in [-0.2, -0.15) is 5.26 Å². The number of carbonyl (C=O) groups excluding carboxylic acids is 2. The number of ketones is 1. The van der Waals surface area contributed by atoms with Crippen LogP contribution in [0.25, 0.3) is 5.69 Å². The summed E-state index contributed by atoms with van der Waals surface area (Å²) in [5.74, 6) is -0.389. The highest BCUT2D eigenvalue weighted by atomic mass is 16.5. The van der Waals surface area contributed by atoms with E-state index in [1.54, 1.807) is 49.4 Å². The molecule has 0 fully saturated rings. The van der Waals surface area contributed by atoms with Gasteiger partial charge in [0, 0.05) is 5.56 Å². The first kappa shape index (κ1) is 23.1. The van der Waals surface area contributed by atoms with Gasteiger partial charge in [-0.1, -0.05) is 0 Å². The highest BCUT2D eigenvalue weighted by molar-refractivity contribution is 6.02. The van der Waals surface area contributed by atoms with Gasteiger partial charge in [0.2, 0.25) is 5.95 Å². The molecule has 0 amide bonds. The minimum atomic E-state index is -1.17. The van der Waals surface area contributed by atoms with Gasteiger partial charge in [0.15, 0.2) is 17.5 Å². The van der Waals surface area contributed by atoms with Crippen molar-refractivity contribution in [2.45, 2.75) is 13.0 Å². The largest absolute Gasteiger partial charge is 0.497 e. The number of nitriles is 1. The van der Waals surface area contributed by atoms with Crippen LogP contribution in [0, 0.1) is 11.3 Å². The van der Waals surface area contributed by atoms with Gasteiger partial charge in [0.1, 0.15) is 5.75 Å². The van der Waals surface area contributed by atoms with E-state index >= 15 is 0 Å². The number of nitrogens with one attached hydrogen (secondary N) is 2. The van der Waals surface area contributed by atoms with E-state index in [1.807, 2.05) is 6.07 Å². The van der Waals surface area contributed by atoms with Crippen molar-refractivity contribution in [3.8, 4) is 17.5 Å². The molecule has 0 spiro atoms. The summed E-state index contributed by atoms with van der Waals surface area (Å²) in [6.07, 6.45) is 1.30. The van der Waals surface area contributed by atoms with E-state index in [9.17, 15) is 14.9 Å². The first-order chi connectivity index (χ1) is 15.9. The Morgan fingerprint density at radius 3 is 2.58 bits per heavy atom. The third kappa shape index (κ3) is 5.03.